The van der Waals surface area contributed by atoms with Gasteiger partial charge in [0.05, 0.1) is 0 Å². The van der Waals surface area contributed by atoms with Crippen molar-refractivity contribution >= 4 is 23.4 Å². The van der Waals surface area contributed by atoms with Gasteiger partial charge in [0, 0.05) is 24.1 Å². The van der Waals surface area contributed by atoms with Gasteiger partial charge in [0.2, 0.25) is 11.8 Å². The van der Waals surface area contributed by atoms with Crippen LogP contribution in [0.5, 0.6) is 0 Å². The van der Waals surface area contributed by atoms with Gasteiger partial charge >= 0.3 is 0 Å². The van der Waals surface area contributed by atoms with Crippen LogP contribution in [0, 0.1) is 0 Å². The van der Waals surface area contributed by atoms with Crippen molar-refractivity contribution < 1.29 is 14.4 Å². The average Bonchev–Trinajstić information content (AvgIpc) is 2.74. The highest BCUT2D eigenvalue weighted by Crippen LogP contribution is 2.28. The molecule has 0 saturated carbocycles. The molecule has 6 nitrogen and oxygen atoms in total. The van der Waals surface area contributed by atoms with Crippen LogP contribution in [0.3, 0.4) is 0 Å². The van der Waals surface area contributed by atoms with E-state index >= 15 is 0 Å². The van der Waals surface area contributed by atoms with Crippen molar-refractivity contribution in [3.63, 3.8) is 0 Å². The number of carbonyl (C=O) groups excluding carboxylic acids is 3. The highest BCUT2D eigenvalue weighted by Gasteiger charge is 2.31. The molecule has 0 spiro atoms. The summed E-state index contributed by atoms with van der Waals surface area (Å²) in [4.78, 5) is 36.4. The Kier molecular flexibility index (Phi) is 6.60. The van der Waals surface area contributed by atoms with Crippen LogP contribution in [0.2, 0.25) is 0 Å². The molecule has 0 bridgehead atoms. The lowest BCUT2D eigenvalue weighted by atomic mass is 9.84. The van der Waals surface area contributed by atoms with Gasteiger partial charge in [-0.1, -0.05) is 60.7 Å². The average molecular weight is 401 g/mol. The standard InChI is InChI=1S/C24H23N3O3/c1-16(28)26-20-14-12-19(13-15-20)24(30)27-22(23(25)29)21(17-8-4-2-5-9-17)18-10-6-3-7-11-18/h2-15,21-22H,1H3,(H2,25,29)(H,26,28)(H,27,30)/t22-/m1/s1. The molecule has 0 aliphatic rings. The van der Waals surface area contributed by atoms with E-state index in [9.17, 15) is 14.4 Å². The topological polar surface area (TPSA) is 101 Å². The molecule has 3 aromatic rings. The fourth-order valence-corrected chi connectivity index (χ4v) is 3.35. The van der Waals surface area contributed by atoms with Crippen molar-refractivity contribution in [3.05, 3.63) is 102 Å². The lowest BCUT2D eigenvalue weighted by Gasteiger charge is -2.27. The van der Waals surface area contributed by atoms with Gasteiger partial charge in [0.25, 0.3) is 5.91 Å². The fraction of sp³-hybridized carbons (Fsp3) is 0.125. The second kappa shape index (κ2) is 9.52. The maximum absolute atomic E-state index is 12.9. The van der Waals surface area contributed by atoms with Crippen LogP contribution in [-0.4, -0.2) is 23.8 Å². The summed E-state index contributed by atoms with van der Waals surface area (Å²) in [6.07, 6.45) is 0. The Morgan fingerprint density at radius 2 is 1.27 bits per heavy atom. The Labute approximate surface area is 175 Å². The number of anilines is 1. The number of carbonyl (C=O) groups is 3. The van der Waals surface area contributed by atoms with E-state index in [0.29, 0.717) is 11.3 Å². The minimum absolute atomic E-state index is 0.199. The van der Waals surface area contributed by atoms with Gasteiger partial charge in [0.15, 0.2) is 0 Å². The van der Waals surface area contributed by atoms with E-state index in [1.54, 1.807) is 24.3 Å². The van der Waals surface area contributed by atoms with Crippen LogP contribution in [0.1, 0.15) is 34.3 Å². The van der Waals surface area contributed by atoms with Crippen molar-refractivity contribution in [2.24, 2.45) is 5.73 Å². The predicted molar refractivity (Wildman–Crippen MR) is 116 cm³/mol. The third kappa shape index (κ3) is 5.11. The van der Waals surface area contributed by atoms with E-state index < -0.39 is 23.8 Å². The molecule has 0 saturated heterocycles. The quantitative estimate of drug-likeness (QED) is 0.567. The molecule has 0 radical (unpaired) electrons. The number of primary amides is 1. The molecule has 1 atom stereocenters. The normalized spacial score (nSPS) is 11.5. The second-order valence-electron chi connectivity index (χ2n) is 6.91. The Bertz CT molecular complexity index is 979. The van der Waals surface area contributed by atoms with E-state index in [0.717, 1.165) is 11.1 Å². The van der Waals surface area contributed by atoms with E-state index in [-0.39, 0.29) is 5.91 Å². The summed E-state index contributed by atoms with van der Waals surface area (Å²) in [6.45, 7) is 1.41. The van der Waals surface area contributed by atoms with Crippen molar-refractivity contribution in [2.75, 3.05) is 5.32 Å². The molecule has 4 N–H and O–H groups in total. The molecule has 6 heteroatoms. The lowest BCUT2D eigenvalue weighted by molar-refractivity contribution is -0.120. The van der Waals surface area contributed by atoms with Gasteiger partial charge in [-0.05, 0) is 35.4 Å². The fourth-order valence-electron chi connectivity index (χ4n) is 3.35. The molecule has 30 heavy (non-hydrogen) atoms. The summed E-state index contributed by atoms with van der Waals surface area (Å²) >= 11 is 0. The summed E-state index contributed by atoms with van der Waals surface area (Å²) < 4.78 is 0. The Morgan fingerprint density at radius 3 is 1.70 bits per heavy atom. The zero-order valence-electron chi connectivity index (χ0n) is 16.5. The summed E-state index contributed by atoms with van der Waals surface area (Å²) in [5.74, 6) is -1.69. The van der Waals surface area contributed by atoms with E-state index in [1.165, 1.54) is 6.92 Å². The number of benzene rings is 3. The van der Waals surface area contributed by atoms with E-state index in [2.05, 4.69) is 10.6 Å². The van der Waals surface area contributed by atoms with E-state index in [1.807, 2.05) is 60.7 Å². The van der Waals surface area contributed by atoms with Crippen molar-refractivity contribution in [1.29, 1.82) is 0 Å². The molecule has 3 rings (SSSR count). The first-order valence-electron chi connectivity index (χ1n) is 9.53. The second-order valence-corrected chi connectivity index (χ2v) is 6.91. The molecular weight excluding hydrogens is 378 g/mol. The molecule has 0 heterocycles. The molecule has 152 valence electrons. The number of nitrogens with two attached hydrogens (primary N) is 1. The highest BCUT2D eigenvalue weighted by molar-refractivity contribution is 5.98. The number of nitrogens with one attached hydrogen (secondary N) is 2. The lowest BCUT2D eigenvalue weighted by Crippen LogP contribution is -2.48. The summed E-state index contributed by atoms with van der Waals surface area (Å²) in [6, 6.07) is 24.4. The first kappa shape index (κ1) is 20.8. The van der Waals surface area contributed by atoms with Gasteiger partial charge in [0.1, 0.15) is 6.04 Å². The largest absolute Gasteiger partial charge is 0.368 e. The van der Waals surface area contributed by atoms with Crippen LogP contribution in [0.4, 0.5) is 5.69 Å². The molecule has 0 fully saturated rings. The third-order valence-corrected chi connectivity index (χ3v) is 4.71. The maximum atomic E-state index is 12.9. The smallest absolute Gasteiger partial charge is 0.251 e. The Balaban J connectivity index is 1.90. The molecule has 0 aliphatic heterocycles. The van der Waals surface area contributed by atoms with Crippen LogP contribution in [0.25, 0.3) is 0 Å². The van der Waals surface area contributed by atoms with Crippen LogP contribution in [0.15, 0.2) is 84.9 Å². The van der Waals surface area contributed by atoms with Crippen molar-refractivity contribution in [1.82, 2.24) is 5.32 Å². The zero-order chi connectivity index (χ0) is 21.5. The zero-order valence-corrected chi connectivity index (χ0v) is 16.5. The molecule has 0 unspecified atom stereocenters. The third-order valence-electron chi connectivity index (χ3n) is 4.71. The number of rotatable bonds is 7. The summed E-state index contributed by atoms with van der Waals surface area (Å²) in [5, 5.41) is 5.44. The van der Waals surface area contributed by atoms with Crippen LogP contribution in [-0.2, 0) is 9.59 Å². The molecule has 0 aliphatic carbocycles. The van der Waals surface area contributed by atoms with Gasteiger partial charge < -0.3 is 16.4 Å². The molecular formula is C24H23N3O3. The Morgan fingerprint density at radius 1 is 0.767 bits per heavy atom. The summed E-state index contributed by atoms with van der Waals surface area (Å²) in [5.41, 5.74) is 8.39. The minimum atomic E-state index is -0.947. The highest BCUT2D eigenvalue weighted by atomic mass is 16.2. The van der Waals surface area contributed by atoms with E-state index in [4.69, 9.17) is 5.73 Å². The van der Waals surface area contributed by atoms with Crippen molar-refractivity contribution in [2.45, 2.75) is 18.9 Å². The Hall–Kier alpha value is -3.93. The predicted octanol–water partition coefficient (Wildman–Crippen LogP) is 3.06. The van der Waals surface area contributed by atoms with Crippen LogP contribution < -0.4 is 16.4 Å². The first-order chi connectivity index (χ1) is 14.5. The van der Waals surface area contributed by atoms with Gasteiger partial charge in [-0.25, -0.2) is 0 Å². The van der Waals surface area contributed by atoms with Crippen LogP contribution >= 0.6 is 0 Å². The molecule has 3 amide bonds. The van der Waals surface area contributed by atoms with Crippen molar-refractivity contribution in [3.8, 4) is 0 Å². The monoisotopic (exact) mass is 401 g/mol. The maximum Gasteiger partial charge on any atom is 0.251 e. The van der Waals surface area contributed by atoms with Gasteiger partial charge in [-0.3, -0.25) is 14.4 Å². The molecule has 3 aromatic carbocycles. The van der Waals surface area contributed by atoms with Gasteiger partial charge in [-0.15, -0.1) is 0 Å². The first-order valence-corrected chi connectivity index (χ1v) is 9.53. The number of hydrogen-bond donors (Lipinski definition) is 3. The van der Waals surface area contributed by atoms with Gasteiger partial charge in [-0.2, -0.15) is 0 Å². The summed E-state index contributed by atoms with van der Waals surface area (Å²) in [7, 11) is 0. The molecule has 0 aromatic heterocycles. The number of amides is 3. The number of hydrogen-bond acceptors (Lipinski definition) is 3. The minimum Gasteiger partial charge on any atom is -0.368 e. The SMILES string of the molecule is CC(=O)Nc1ccc(C(=O)N[C@@H](C(N)=O)C(c2ccccc2)c2ccccc2)cc1.